The molecule has 6 heteroatoms. The zero-order chi connectivity index (χ0) is 18.3. The van der Waals surface area contributed by atoms with Crippen LogP contribution in [0.4, 0.5) is 9.18 Å². The van der Waals surface area contributed by atoms with E-state index in [4.69, 9.17) is 4.74 Å². The van der Waals surface area contributed by atoms with Crippen molar-refractivity contribution in [3.8, 4) is 0 Å². The van der Waals surface area contributed by atoms with Crippen molar-refractivity contribution >= 4 is 32.9 Å². The summed E-state index contributed by atoms with van der Waals surface area (Å²) in [7, 11) is 0. The van der Waals surface area contributed by atoms with Crippen LogP contribution in [0.5, 0.6) is 0 Å². The molecule has 1 atom stereocenters. The van der Waals surface area contributed by atoms with Crippen LogP contribution in [-0.2, 0) is 11.2 Å². The van der Waals surface area contributed by atoms with Gasteiger partial charge in [-0.2, -0.15) is 0 Å². The average Bonchev–Trinajstić information content (AvgIpc) is 3.00. The van der Waals surface area contributed by atoms with Crippen molar-refractivity contribution in [2.45, 2.75) is 19.4 Å². The summed E-state index contributed by atoms with van der Waals surface area (Å²) in [5.74, 6) is -0.298. The van der Waals surface area contributed by atoms with Crippen LogP contribution in [-0.4, -0.2) is 29.1 Å². The molecule has 26 heavy (non-hydrogen) atoms. The number of nitrogens with one attached hydrogen (secondary N) is 1. The molecule has 0 saturated carbocycles. The Kier molecular flexibility index (Phi) is 4.44. The van der Waals surface area contributed by atoms with Crippen LogP contribution < -0.4 is 0 Å². The van der Waals surface area contributed by atoms with E-state index in [-0.39, 0.29) is 18.0 Å². The number of aromatic amines is 1. The molecule has 1 aliphatic heterocycles. The topological polar surface area (TPSA) is 45.3 Å². The molecule has 1 N–H and O–H groups in total. The molecule has 2 heterocycles. The van der Waals surface area contributed by atoms with Gasteiger partial charge < -0.3 is 9.72 Å². The fraction of sp³-hybridized carbons (Fsp3) is 0.250. The van der Waals surface area contributed by atoms with Gasteiger partial charge in [0.25, 0.3) is 0 Å². The minimum atomic E-state index is -0.354. The molecule has 0 saturated heterocycles. The number of hydrogen-bond acceptors (Lipinski definition) is 2. The van der Waals surface area contributed by atoms with Gasteiger partial charge >= 0.3 is 6.09 Å². The van der Waals surface area contributed by atoms with E-state index in [1.165, 1.54) is 17.7 Å². The van der Waals surface area contributed by atoms with Crippen molar-refractivity contribution < 1.29 is 13.9 Å². The van der Waals surface area contributed by atoms with E-state index in [0.717, 1.165) is 33.1 Å². The summed E-state index contributed by atoms with van der Waals surface area (Å²) in [4.78, 5) is 17.7. The van der Waals surface area contributed by atoms with Crippen LogP contribution in [0.15, 0.2) is 46.9 Å². The van der Waals surface area contributed by atoms with E-state index in [1.54, 1.807) is 24.0 Å². The maximum absolute atomic E-state index is 13.4. The summed E-state index contributed by atoms with van der Waals surface area (Å²) >= 11 is 3.53. The van der Waals surface area contributed by atoms with Crippen molar-refractivity contribution in [3.05, 3.63) is 69.6 Å². The van der Waals surface area contributed by atoms with Crippen LogP contribution in [0.1, 0.15) is 29.8 Å². The predicted octanol–water partition coefficient (Wildman–Crippen LogP) is 5.17. The van der Waals surface area contributed by atoms with Gasteiger partial charge in [-0.25, -0.2) is 9.18 Å². The van der Waals surface area contributed by atoms with Gasteiger partial charge in [0, 0.05) is 27.6 Å². The number of halogens is 2. The molecule has 1 unspecified atom stereocenters. The number of amides is 1. The van der Waals surface area contributed by atoms with Crippen LogP contribution in [0.25, 0.3) is 10.9 Å². The third kappa shape index (κ3) is 2.88. The first-order valence-electron chi connectivity index (χ1n) is 8.57. The second kappa shape index (κ2) is 6.76. The Bertz CT molecular complexity index is 968. The highest BCUT2D eigenvalue weighted by Crippen LogP contribution is 2.39. The molecule has 134 valence electrons. The zero-order valence-electron chi connectivity index (χ0n) is 14.3. The number of aromatic nitrogens is 1. The Morgan fingerprint density at radius 2 is 2.08 bits per heavy atom. The highest BCUT2D eigenvalue weighted by Gasteiger charge is 2.35. The first-order chi connectivity index (χ1) is 12.6. The van der Waals surface area contributed by atoms with Crippen molar-refractivity contribution in [1.82, 2.24) is 9.88 Å². The fourth-order valence-electron chi connectivity index (χ4n) is 3.66. The molecule has 1 amide bonds. The molecular weight excluding hydrogens is 399 g/mol. The highest BCUT2D eigenvalue weighted by atomic mass is 79.9. The Morgan fingerprint density at radius 3 is 2.81 bits per heavy atom. The predicted molar refractivity (Wildman–Crippen MR) is 102 cm³/mol. The minimum absolute atomic E-state index is 0.298. The first-order valence-corrected chi connectivity index (χ1v) is 9.36. The molecule has 4 nitrogen and oxygen atoms in total. The molecule has 1 aromatic heterocycles. The third-order valence-electron chi connectivity index (χ3n) is 4.78. The summed E-state index contributed by atoms with van der Waals surface area (Å²) in [6, 6.07) is 12.1. The third-order valence-corrected chi connectivity index (χ3v) is 5.27. The quantitative estimate of drug-likeness (QED) is 0.625. The SMILES string of the molecule is CCOC(=O)N1CCc2c([nH]c3ccc(Br)cc23)C1c1ccc(F)cc1. The average molecular weight is 417 g/mol. The summed E-state index contributed by atoms with van der Waals surface area (Å²) in [6.45, 7) is 2.66. The largest absolute Gasteiger partial charge is 0.450 e. The number of benzene rings is 2. The number of nitrogens with zero attached hydrogens (tertiary/aromatic N) is 1. The summed E-state index contributed by atoms with van der Waals surface area (Å²) < 4.78 is 19.7. The van der Waals surface area contributed by atoms with Gasteiger partial charge in [0.15, 0.2) is 0 Å². The maximum atomic E-state index is 13.4. The molecular formula is C20H18BrFN2O2. The Labute approximate surface area is 159 Å². The van der Waals surface area contributed by atoms with Crippen LogP contribution in [0.2, 0.25) is 0 Å². The number of carbonyl (C=O) groups is 1. The van der Waals surface area contributed by atoms with E-state index < -0.39 is 0 Å². The van der Waals surface area contributed by atoms with Gasteiger partial charge in [0.05, 0.1) is 6.61 Å². The van der Waals surface area contributed by atoms with E-state index in [9.17, 15) is 9.18 Å². The summed E-state index contributed by atoms with van der Waals surface area (Å²) in [5.41, 5.74) is 4.03. The maximum Gasteiger partial charge on any atom is 0.410 e. The molecule has 0 radical (unpaired) electrons. The standard InChI is InChI=1S/C20H18BrFN2O2/c1-2-26-20(25)24-10-9-15-16-11-13(21)5-8-17(16)23-18(15)19(24)12-3-6-14(22)7-4-12/h3-8,11,19,23H,2,9-10H2,1H3. The van der Waals surface area contributed by atoms with E-state index in [0.29, 0.717) is 13.2 Å². The van der Waals surface area contributed by atoms with E-state index in [1.807, 2.05) is 12.1 Å². The van der Waals surface area contributed by atoms with Crippen molar-refractivity contribution in [1.29, 1.82) is 0 Å². The number of fused-ring (bicyclic) bond motifs is 3. The number of carbonyl (C=O) groups excluding carboxylic acids is 1. The van der Waals surface area contributed by atoms with E-state index in [2.05, 4.69) is 27.0 Å². The normalized spacial score (nSPS) is 16.6. The molecule has 0 fully saturated rings. The molecule has 2 aromatic carbocycles. The number of rotatable bonds is 2. The van der Waals surface area contributed by atoms with Gasteiger partial charge in [-0.15, -0.1) is 0 Å². The Balaban J connectivity index is 1.88. The van der Waals surface area contributed by atoms with Gasteiger partial charge in [0.2, 0.25) is 0 Å². The van der Waals surface area contributed by atoms with E-state index >= 15 is 0 Å². The molecule has 0 spiro atoms. The van der Waals surface area contributed by atoms with Crippen LogP contribution in [0.3, 0.4) is 0 Å². The molecule has 3 aromatic rings. The number of hydrogen-bond donors (Lipinski definition) is 1. The second-order valence-corrected chi connectivity index (χ2v) is 7.22. The zero-order valence-corrected chi connectivity index (χ0v) is 15.8. The summed E-state index contributed by atoms with van der Waals surface area (Å²) in [6.07, 6.45) is 0.384. The van der Waals surface area contributed by atoms with Gasteiger partial charge in [0.1, 0.15) is 11.9 Å². The lowest BCUT2D eigenvalue weighted by molar-refractivity contribution is 0.0932. The molecule has 1 aliphatic rings. The van der Waals surface area contributed by atoms with Gasteiger partial charge in [-0.3, -0.25) is 4.90 Å². The van der Waals surface area contributed by atoms with Gasteiger partial charge in [-0.05, 0) is 54.8 Å². The first kappa shape index (κ1) is 17.1. The van der Waals surface area contributed by atoms with Crippen LogP contribution >= 0.6 is 15.9 Å². The smallest absolute Gasteiger partial charge is 0.410 e. The Hall–Kier alpha value is -2.34. The van der Waals surface area contributed by atoms with Crippen molar-refractivity contribution in [2.24, 2.45) is 0 Å². The second-order valence-electron chi connectivity index (χ2n) is 6.30. The lowest BCUT2D eigenvalue weighted by Crippen LogP contribution is -2.41. The lowest BCUT2D eigenvalue weighted by atomic mass is 9.93. The van der Waals surface area contributed by atoms with Crippen molar-refractivity contribution in [2.75, 3.05) is 13.2 Å². The monoisotopic (exact) mass is 416 g/mol. The lowest BCUT2D eigenvalue weighted by Gasteiger charge is -2.35. The fourth-order valence-corrected chi connectivity index (χ4v) is 4.02. The molecule has 0 bridgehead atoms. The molecule has 4 rings (SSSR count). The minimum Gasteiger partial charge on any atom is -0.450 e. The highest BCUT2D eigenvalue weighted by molar-refractivity contribution is 9.10. The number of H-pyrrole nitrogens is 1. The van der Waals surface area contributed by atoms with Crippen molar-refractivity contribution in [3.63, 3.8) is 0 Å². The summed E-state index contributed by atoms with van der Waals surface area (Å²) in [5, 5.41) is 1.14. The van der Waals surface area contributed by atoms with Gasteiger partial charge in [-0.1, -0.05) is 28.1 Å². The molecule has 0 aliphatic carbocycles. The van der Waals surface area contributed by atoms with Crippen LogP contribution in [0, 0.1) is 5.82 Å². The Morgan fingerprint density at radius 1 is 1.31 bits per heavy atom. The number of ether oxygens (including phenoxy) is 1.